The first-order valence-electron chi connectivity index (χ1n) is 3.89. The van der Waals surface area contributed by atoms with Crippen LogP contribution in [0, 0.1) is 8.98 Å². The fraction of sp³-hybridized carbons (Fsp3) is 0.111. The van der Waals surface area contributed by atoms with Crippen LogP contribution in [0.3, 0.4) is 0 Å². The van der Waals surface area contributed by atoms with Gasteiger partial charge in [-0.1, -0.05) is 0 Å². The topological polar surface area (TPSA) is 57.5 Å². The van der Waals surface area contributed by atoms with Gasteiger partial charge in [0.05, 0.1) is 19.0 Å². The Hall–Kier alpha value is -1.11. The van der Waals surface area contributed by atoms with Crippen LogP contribution in [0.1, 0.15) is 0 Å². The van der Waals surface area contributed by atoms with Gasteiger partial charge in [-0.3, -0.25) is 5.43 Å². The van der Waals surface area contributed by atoms with E-state index in [1.807, 2.05) is 18.2 Å². The fourth-order valence-corrected chi connectivity index (χ4v) is 1.46. The second-order valence-corrected chi connectivity index (χ2v) is 3.56. The lowest BCUT2D eigenvalue weighted by Crippen LogP contribution is -1.93. The van der Waals surface area contributed by atoms with Gasteiger partial charge >= 0.3 is 0 Å². The Balaban J connectivity index is 2.78. The van der Waals surface area contributed by atoms with Gasteiger partial charge < -0.3 is 10.1 Å². The summed E-state index contributed by atoms with van der Waals surface area (Å²) in [6.07, 6.45) is 2.49. The van der Waals surface area contributed by atoms with Crippen LogP contribution in [0.4, 0.5) is 5.69 Å². The van der Waals surface area contributed by atoms with Crippen molar-refractivity contribution in [2.45, 2.75) is 0 Å². The van der Waals surface area contributed by atoms with Gasteiger partial charge in [0.25, 0.3) is 0 Å². The van der Waals surface area contributed by atoms with Crippen molar-refractivity contribution in [1.29, 1.82) is 5.41 Å². The number of benzene rings is 1. The molecular formula is C9H10IN3O. The molecule has 0 bridgehead atoms. The molecule has 1 aromatic rings. The molecule has 0 saturated heterocycles. The Morgan fingerprint density at radius 2 is 2.36 bits per heavy atom. The molecule has 74 valence electrons. The number of hydrogen-bond acceptors (Lipinski definition) is 4. The Kier molecular flexibility index (Phi) is 4.37. The molecule has 0 aromatic heterocycles. The number of hydrogen-bond donors (Lipinski definition) is 2. The molecule has 0 fully saturated rings. The van der Waals surface area contributed by atoms with Gasteiger partial charge in [-0.15, -0.1) is 0 Å². The van der Waals surface area contributed by atoms with E-state index >= 15 is 0 Å². The Morgan fingerprint density at radius 3 is 2.93 bits per heavy atom. The lowest BCUT2D eigenvalue weighted by atomic mass is 10.3. The Bertz CT molecular complexity index is 352. The molecular weight excluding hydrogens is 293 g/mol. The molecule has 4 nitrogen and oxygen atoms in total. The molecule has 0 aliphatic rings. The van der Waals surface area contributed by atoms with Gasteiger partial charge in [0, 0.05) is 9.78 Å². The smallest absolute Gasteiger partial charge is 0.120 e. The number of anilines is 1. The van der Waals surface area contributed by atoms with E-state index in [-0.39, 0.29) is 0 Å². The predicted octanol–water partition coefficient (Wildman–Crippen LogP) is 2.35. The zero-order chi connectivity index (χ0) is 10.4. The van der Waals surface area contributed by atoms with Crippen molar-refractivity contribution < 1.29 is 4.74 Å². The summed E-state index contributed by atoms with van der Waals surface area (Å²) in [5.41, 5.74) is 3.71. The molecule has 2 N–H and O–H groups in total. The van der Waals surface area contributed by atoms with Crippen molar-refractivity contribution in [2.24, 2.45) is 5.10 Å². The summed E-state index contributed by atoms with van der Waals surface area (Å²) in [6.45, 7) is 0. The number of hydrazone groups is 1. The lowest BCUT2D eigenvalue weighted by molar-refractivity contribution is 0.414. The third-order valence-corrected chi connectivity index (χ3v) is 2.40. The number of ether oxygens (including phenoxy) is 1. The molecule has 14 heavy (non-hydrogen) atoms. The van der Waals surface area contributed by atoms with Gasteiger partial charge in [-0.2, -0.15) is 5.10 Å². The van der Waals surface area contributed by atoms with Gasteiger partial charge in [-0.25, -0.2) is 0 Å². The highest BCUT2D eigenvalue weighted by atomic mass is 127. The molecule has 1 aromatic carbocycles. The van der Waals surface area contributed by atoms with Crippen LogP contribution in [0.2, 0.25) is 0 Å². The van der Waals surface area contributed by atoms with Crippen molar-refractivity contribution in [2.75, 3.05) is 12.5 Å². The van der Waals surface area contributed by atoms with Crippen LogP contribution < -0.4 is 10.2 Å². The summed E-state index contributed by atoms with van der Waals surface area (Å²) in [4.78, 5) is 0. The minimum Gasteiger partial charge on any atom is -0.497 e. The monoisotopic (exact) mass is 303 g/mol. The molecule has 0 radical (unpaired) electrons. The second-order valence-electron chi connectivity index (χ2n) is 2.40. The van der Waals surface area contributed by atoms with Crippen molar-refractivity contribution in [1.82, 2.24) is 0 Å². The number of rotatable bonds is 4. The average molecular weight is 303 g/mol. The van der Waals surface area contributed by atoms with Crippen LogP contribution in [-0.4, -0.2) is 19.5 Å². The average Bonchev–Trinajstić information content (AvgIpc) is 2.20. The molecule has 0 atom stereocenters. The highest BCUT2D eigenvalue weighted by Crippen LogP contribution is 2.23. The first kappa shape index (κ1) is 11.0. The SMILES string of the molecule is COc1ccc(N/N=C\C=N)c(I)c1. The summed E-state index contributed by atoms with van der Waals surface area (Å²) in [6, 6.07) is 5.63. The number of nitrogens with one attached hydrogen (secondary N) is 2. The molecule has 0 spiro atoms. The predicted molar refractivity (Wildman–Crippen MR) is 66.6 cm³/mol. The van der Waals surface area contributed by atoms with E-state index in [9.17, 15) is 0 Å². The molecule has 0 saturated carbocycles. The fourth-order valence-electron chi connectivity index (χ4n) is 0.858. The van der Waals surface area contributed by atoms with Crippen molar-refractivity contribution >= 4 is 40.7 Å². The third-order valence-electron chi connectivity index (χ3n) is 1.51. The number of nitrogens with zero attached hydrogens (tertiary/aromatic N) is 1. The first-order valence-corrected chi connectivity index (χ1v) is 4.97. The molecule has 0 aliphatic carbocycles. The summed E-state index contributed by atoms with van der Waals surface area (Å²) in [7, 11) is 1.63. The van der Waals surface area contributed by atoms with E-state index in [0.29, 0.717) is 0 Å². The minimum atomic E-state index is 0.816. The zero-order valence-corrected chi connectivity index (χ0v) is 9.78. The minimum absolute atomic E-state index is 0.816. The molecule has 0 heterocycles. The molecule has 0 unspecified atom stereocenters. The maximum Gasteiger partial charge on any atom is 0.120 e. The highest BCUT2D eigenvalue weighted by Gasteiger charge is 1.99. The maximum absolute atomic E-state index is 6.75. The van der Waals surface area contributed by atoms with Crippen LogP contribution in [0.15, 0.2) is 23.3 Å². The summed E-state index contributed by atoms with van der Waals surface area (Å²) < 4.78 is 6.09. The standard InChI is InChI=1S/C9H10IN3O/c1-14-7-2-3-9(8(10)6-7)13-12-5-4-11/h2-6,11,13H,1H3/b11-4?,12-5-. The van der Waals surface area contributed by atoms with Crippen molar-refractivity contribution in [3.8, 4) is 5.75 Å². The largest absolute Gasteiger partial charge is 0.497 e. The van der Waals surface area contributed by atoms with Crippen molar-refractivity contribution in [3.05, 3.63) is 21.8 Å². The van der Waals surface area contributed by atoms with Crippen LogP contribution in [0.25, 0.3) is 0 Å². The van der Waals surface area contributed by atoms with Crippen LogP contribution >= 0.6 is 22.6 Å². The van der Waals surface area contributed by atoms with Gasteiger partial charge in [0.2, 0.25) is 0 Å². The lowest BCUT2D eigenvalue weighted by Gasteiger charge is -2.05. The van der Waals surface area contributed by atoms with Crippen LogP contribution in [0.5, 0.6) is 5.75 Å². The highest BCUT2D eigenvalue weighted by molar-refractivity contribution is 14.1. The number of halogens is 1. The first-order chi connectivity index (χ1) is 6.77. The summed E-state index contributed by atoms with van der Waals surface area (Å²) in [5, 5.41) is 10.6. The van der Waals surface area contributed by atoms with E-state index in [1.54, 1.807) is 7.11 Å². The quantitative estimate of drug-likeness (QED) is 0.509. The number of methoxy groups -OCH3 is 1. The van der Waals surface area contributed by atoms with E-state index in [4.69, 9.17) is 10.1 Å². The normalized spacial score (nSPS) is 10.1. The Labute approximate surface area is 96.0 Å². The molecule has 1 rings (SSSR count). The molecule has 0 aliphatic heterocycles. The van der Waals surface area contributed by atoms with E-state index in [0.717, 1.165) is 21.2 Å². The summed E-state index contributed by atoms with van der Waals surface area (Å²) in [5.74, 6) is 0.816. The second kappa shape index (κ2) is 5.58. The molecule has 0 amide bonds. The molecule has 5 heteroatoms. The third kappa shape index (κ3) is 2.99. The van der Waals surface area contributed by atoms with Gasteiger partial charge in [0.15, 0.2) is 0 Å². The van der Waals surface area contributed by atoms with Crippen molar-refractivity contribution in [3.63, 3.8) is 0 Å². The van der Waals surface area contributed by atoms with Crippen LogP contribution in [-0.2, 0) is 0 Å². The van der Waals surface area contributed by atoms with E-state index in [1.165, 1.54) is 6.21 Å². The zero-order valence-electron chi connectivity index (χ0n) is 7.62. The van der Waals surface area contributed by atoms with Gasteiger partial charge in [0.1, 0.15) is 5.75 Å². The van der Waals surface area contributed by atoms with E-state index in [2.05, 4.69) is 33.1 Å². The maximum atomic E-state index is 6.75. The van der Waals surface area contributed by atoms with Gasteiger partial charge in [-0.05, 0) is 40.8 Å². The Morgan fingerprint density at radius 1 is 1.57 bits per heavy atom. The summed E-state index contributed by atoms with van der Waals surface area (Å²) >= 11 is 2.19. The van der Waals surface area contributed by atoms with E-state index < -0.39 is 0 Å².